The standard InChI is InChI=1S/C5H9N3OS/c1-2-9-3-4-7-8-5(6)10-4/h2-3H2,1H3,(H2,6,8). The molecule has 1 rings (SSSR count). The molecule has 0 unspecified atom stereocenters. The van der Waals surface area contributed by atoms with Gasteiger partial charge in [0.25, 0.3) is 0 Å². The van der Waals surface area contributed by atoms with Gasteiger partial charge in [0.15, 0.2) is 0 Å². The average molecular weight is 159 g/mol. The molecule has 0 radical (unpaired) electrons. The zero-order valence-corrected chi connectivity index (χ0v) is 6.52. The predicted octanol–water partition coefficient (Wildman–Crippen LogP) is 0.657. The van der Waals surface area contributed by atoms with Gasteiger partial charge in [0, 0.05) is 6.61 Å². The van der Waals surface area contributed by atoms with Crippen LogP contribution in [0, 0.1) is 0 Å². The number of aromatic nitrogens is 2. The minimum atomic E-state index is 0.495. The molecule has 4 nitrogen and oxygen atoms in total. The van der Waals surface area contributed by atoms with Crippen LogP contribution in [0.25, 0.3) is 0 Å². The van der Waals surface area contributed by atoms with Crippen LogP contribution in [0.5, 0.6) is 0 Å². The van der Waals surface area contributed by atoms with E-state index < -0.39 is 0 Å². The van der Waals surface area contributed by atoms with Crippen LogP contribution in [0.1, 0.15) is 11.9 Å². The van der Waals surface area contributed by atoms with Crippen LogP contribution in [-0.4, -0.2) is 16.8 Å². The van der Waals surface area contributed by atoms with Gasteiger partial charge in [-0.1, -0.05) is 11.3 Å². The van der Waals surface area contributed by atoms with E-state index in [0.29, 0.717) is 18.3 Å². The minimum Gasteiger partial charge on any atom is -0.374 e. The molecule has 1 aromatic rings. The summed E-state index contributed by atoms with van der Waals surface area (Å²) in [6, 6.07) is 0. The Balaban J connectivity index is 2.42. The molecule has 56 valence electrons. The number of rotatable bonds is 3. The smallest absolute Gasteiger partial charge is 0.203 e. The fourth-order valence-electron chi connectivity index (χ4n) is 0.514. The zero-order chi connectivity index (χ0) is 7.40. The quantitative estimate of drug-likeness (QED) is 0.703. The lowest BCUT2D eigenvalue weighted by Crippen LogP contribution is -1.90. The molecule has 0 bridgehead atoms. The third kappa shape index (κ3) is 1.93. The van der Waals surface area contributed by atoms with Crippen molar-refractivity contribution >= 4 is 16.5 Å². The van der Waals surface area contributed by atoms with Crippen LogP contribution in [0.2, 0.25) is 0 Å². The van der Waals surface area contributed by atoms with Crippen molar-refractivity contribution in [3.8, 4) is 0 Å². The number of anilines is 1. The number of ether oxygens (including phenoxy) is 1. The molecule has 10 heavy (non-hydrogen) atoms. The topological polar surface area (TPSA) is 61.0 Å². The summed E-state index contributed by atoms with van der Waals surface area (Å²) >= 11 is 1.36. The largest absolute Gasteiger partial charge is 0.374 e. The van der Waals surface area contributed by atoms with E-state index >= 15 is 0 Å². The molecule has 1 aromatic heterocycles. The summed E-state index contributed by atoms with van der Waals surface area (Å²) in [6.07, 6.45) is 0. The van der Waals surface area contributed by atoms with E-state index in [1.165, 1.54) is 11.3 Å². The van der Waals surface area contributed by atoms with E-state index in [-0.39, 0.29) is 0 Å². The van der Waals surface area contributed by atoms with Crippen molar-refractivity contribution in [2.24, 2.45) is 0 Å². The second-order valence-corrected chi connectivity index (χ2v) is 2.76. The van der Waals surface area contributed by atoms with Crippen molar-refractivity contribution in [3.05, 3.63) is 5.01 Å². The van der Waals surface area contributed by atoms with Crippen LogP contribution < -0.4 is 5.73 Å². The maximum Gasteiger partial charge on any atom is 0.203 e. The first kappa shape index (κ1) is 7.43. The maximum absolute atomic E-state index is 5.34. The van der Waals surface area contributed by atoms with Crippen LogP contribution in [-0.2, 0) is 11.3 Å². The van der Waals surface area contributed by atoms with Gasteiger partial charge in [-0.3, -0.25) is 0 Å². The number of hydrogen-bond donors (Lipinski definition) is 1. The molecule has 0 fully saturated rings. The van der Waals surface area contributed by atoms with Crippen LogP contribution in [0.4, 0.5) is 5.13 Å². The summed E-state index contributed by atoms with van der Waals surface area (Å²) in [5.74, 6) is 0. The van der Waals surface area contributed by atoms with E-state index in [9.17, 15) is 0 Å². The SMILES string of the molecule is CCOCc1nnc(N)s1. The Hall–Kier alpha value is -0.680. The lowest BCUT2D eigenvalue weighted by molar-refractivity contribution is 0.133. The molecule has 0 spiro atoms. The second kappa shape index (κ2) is 3.48. The van der Waals surface area contributed by atoms with E-state index in [1.54, 1.807) is 0 Å². The molecule has 2 N–H and O–H groups in total. The van der Waals surface area contributed by atoms with Crippen molar-refractivity contribution in [1.82, 2.24) is 10.2 Å². The normalized spacial score (nSPS) is 10.1. The van der Waals surface area contributed by atoms with Gasteiger partial charge in [0.1, 0.15) is 11.6 Å². The molecule has 0 atom stereocenters. The van der Waals surface area contributed by atoms with Gasteiger partial charge in [0.2, 0.25) is 5.13 Å². The Bertz CT molecular complexity index is 201. The molecule has 0 aromatic carbocycles. The lowest BCUT2D eigenvalue weighted by atomic mass is 10.7. The zero-order valence-electron chi connectivity index (χ0n) is 5.70. The summed E-state index contributed by atoms with van der Waals surface area (Å²) in [7, 11) is 0. The molecule has 0 aliphatic rings. The molecule has 5 heteroatoms. The van der Waals surface area contributed by atoms with Crippen molar-refractivity contribution in [2.75, 3.05) is 12.3 Å². The molecule has 0 amide bonds. The van der Waals surface area contributed by atoms with Gasteiger partial charge in [0.05, 0.1) is 0 Å². The van der Waals surface area contributed by atoms with Gasteiger partial charge in [-0.05, 0) is 6.92 Å². The first-order chi connectivity index (χ1) is 4.83. The number of hydrogen-bond acceptors (Lipinski definition) is 5. The second-order valence-electron chi connectivity index (χ2n) is 1.67. The Morgan fingerprint density at radius 1 is 1.60 bits per heavy atom. The molecular formula is C5H9N3OS. The highest BCUT2D eigenvalue weighted by molar-refractivity contribution is 7.15. The Morgan fingerprint density at radius 2 is 2.40 bits per heavy atom. The van der Waals surface area contributed by atoms with E-state index in [2.05, 4.69) is 10.2 Å². The van der Waals surface area contributed by atoms with Gasteiger partial charge in [-0.15, -0.1) is 10.2 Å². The molecule has 0 aliphatic carbocycles. The first-order valence-corrected chi connectivity index (χ1v) is 3.80. The van der Waals surface area contributed by atoms with Crippen molar-refractivity contribution < 1.29 is 4.74 Å². The first-order valence-electron chi connectivity index (χ1n) is 2.98. The van der Waals surface area contributed by atoms with Crippen LogP contribution >= 0.6 is 11.3 Å². The van der Waals surface area contributed by atoms with Crippen LogP contribution in [0.15, 0.2) is 0 Å². The highest BCUT2D eigenvalue weighted by atomic mass is 32.1. The highest BCUT2D eigenvalue weighted by Gasteiger charge is 1.98. The number of nitrogens with two attached hydrogens (primary N) is 1. The van der Waals surface area contributed by atoms with E-state index in [4.69, 9.17) is 10.5 Å². The number of nitrogens with zero attached hydrogens (tertiary/aromatic N) is 2. The van der Waals surface area contributed by atoms with Crippen molar-refractivity contribution in [3.63, 3.8) is 0 Å². The van der Waals surface area contributed by atoms with Gasteiger partial charge in [-0.25, -0.2) is 0 Å². The molecule has 0 saturated heterocycles. The van der Waals surface area contributed by atoms with E-state index in [1.807, 2.05) is 6.92 Å². The average Bonchev–Trinajstić information content (AvgIpc) is 2.31. The molecular weight excluding hydrogens is 150 g/mol. The van der Waals surface area contributed by atoms with Gasteiger partial charge < -0.3 is 10.5 Å². The minimum absolute atomic E-state index is 0.495. The van der Waals surface area contributed by atoms with E-state index in [0.717, 1.165) is 5.01 Å². The number of nitrogen functional groups attached to an aromatic ring is 1. The van der Waals surface area contributed by atoms with Crippen LogP contribution in [0.3, 0.4) is 0 Å². The molecule has 0 saturated carbocycles. The summed E-state index contributed by atoms with van der Waals surface area (Å²) in [5, 5.41) is 8.74. The predicted molar refractivity (Wildman–Crippen MR) is 39.7 cm³/mol. The molecule has 1 heterocycles. The summed E-state index contributed by atoms with van der Waals surface area (Å²) in [4.78, 5) is 0. The maximum atomic E-state index is 5.34. The van der Waals surface area contributed by atoms with Crippen molar-refractivity contribution in [1.29, 1.82) is 0 Å². The molecule has 0 aliphatic heterocycles. The lowest BCUT2D eigenvalue weighted by Gasteiger charge is -1.92. The summed E-state index contributed by atoms with van der Waals surface area (Å²) in [6.45, 7) is 3.15. The fourth-order valence-corrected chi connectivity index (χ4v) is 1.06. The fraction of sp³-hybridized carbons (Fsp3) is 0.600. The summed E-state index contributed by atoms with van der Waals surface area (Å²) in [5.41, 5.74) is 5.34. The van der Waals surface area contributed by atoms with Gasteiger partial charge >= 0.3 is 0 Å². The Morgan fingerprint density at radius 3 is 2.90 bits per heavy atom. The van der Waals surface area contributed by atoms with Gasteiger partial charge in [-0.2, -0.15) is 0 Å². The highest BCUT2D eigenvalue weighted by Crippen LogP contribution is 2.11. The Kier molecular flexibility index (Phi) is 2.58. The third-order valence-corrected chi connectivity index (χ3v) is 1.64. The Labute approximate surface area is 63.0 Å². The third-order valence-electron chi connectivity index (χ3n) is 0.912. The monoisotopic (exact) mass is 159 g/mol. The van der Waals surface area contributed by atoms with Crippen molar-refractivity contribution in [2.45, 2.75) is 13.5 Å². The summed E-state index contributed by atoms with van der Waals surface area (Å²) < 4.78 is 5.09.